The van der Waals surface area contributed by atoms with Crippen LogP contribution in [0.4, 0.5) is 0 Å². The number of allylic oxidation sites excluding steroid dienone is 2. The average molecular weight is 363 g/mol. The number of ether oxygens (including phenoxy) is 1. The van der Waals surface area contributed by atoms with E-state index in [0.29, 0.717) is 12.2 Å². The minimum atomic E-state index is -0.153. The van der Waals surface area contributed by atoms with E-state index in [-0.39, 0.29) is 5.97 Å². The van der Waals surface area contributed by atoms with E-state index in [1.807, 2.05) is 24.3 Å². The second-order valence-electron chi connectivity index (χ2n) is 7.46. The largest absolute Gasteiger partial charge is 0.427 e. The van der Waals surface area contributed by atoms with E-state index in [0.717, 1.165) is 24.3 Å². The van der Waals surface area contributed by atoms with Crippen LogP contribution in [0.1, 0.15) is 64.4 Å². The number of benzene rings is 2. The lowest BCUT2D eigenvalue weighted by Gasteiger charge is -2.20. The van der Waals surface area contributed by atoms with Crippen LogP contribution in [-0.4, -0.2) is 5.97 Å². The average Bonchev–Trinajstić information content (AvgIpc) is 2.73. The van der Waals surface area contributed by atoms with Crippen LogP contribution < -0.4 is 4.74 Å². The molecule has 0 N–H and O–H groups in total. The predicted molar refractivity (Wildman–Crippen MR) is 113 cm³/mol. The molecule has 0 spiro atoms. The van der Waals surface area contributed by atoms with Crippen molar-refractivity contribution in [1.82, 2.24) is 0 Å². The lowest BCUT2D eigenvalue weighted by atomic mass is 9.85. The fraction of sp³-hybridized carbons (Fsp3) is 0.400. The number of hydrogen-bond acceptors (Lipinski definition) is 2. The maximum absolute atomic E-state index is 11.7. The summed E-state index contributed by atoms with van der Waals surface area (Å²) in [5.74, 6) is 1.33. The first kappa shape index (κ1) is 19.4. The minimum absolute atomic E-state index is 0.153. The van der Waals surface area contributed by atoms with Crippen molar-refractivity contribution in [2.75, 3.05) is 0 Å². The van der Waals surface area contributed by atoms with Gasteiger partial charge in [-0.15, -0.1) is 0 Å². The minimum Gasteiger partial charge on any atom is -0.427 e. The summed E-state index contributed by atoms with van der Waals surface area (Å²) in [5, 5.41) is 0. The number of hydrogen-bond donors (Lipinski definition) is 0. The van der Waals surface area contributed by atoms with Crippen molar-refractivity contribution in [3.63, 3.8) is 0 Å². The smallest absolute Gasteiger partial charge is 0.311 e. The van der Waals surface area contributed by atoms with Crippen molar-refractivity contribution >= 4 is 11.5 Å². The van der Waals surface area contributed by atoms with Crippen LogP contribution in [-0.2, 0) is 4.79 Å². The third-order valence-electron chi connectivity index (χ3n) is 5.51. The molecule has 142 valence electrons. The molecule has 2 nitrogen and oxygen atoms in total. The van der Waals surface area contributed by atoms with E-state index in [9.17, 15) is 4.79 Å². The molecule has 0 radical (unpaired) electrons. The number of carbonyl (C=O) groups excluding carboxylic acids is 1. The molecular formula is C25H30O2. The van der Waals surface area contributed by atoms with Crippen LogP contribution in [0.15, 0.2) is 54.6 Å². The summed E-state index contributed by atoms with van der Waals surface area (Å²) in [4.78, 5) is 11.7. The Morgan fingerprint density at radius 1 is 0.963 bits per heavy atom. The fourth-order valence-electron chi connectivity index (χ4n) is 3.62. The van der Waals surface area contributed by atoms with Gasteiger partial charge in [-0.25, -0.2) is 0 Å². The summed E-state index contributed by atoms with van der Waals surface area (Å²) in [6, 6.07) is 16.6. The number of carbonyl (C=O) groups is 1. The summed E-state index contributed by atoms with van der Waals surface area (Å²) in [6.07, 6.45) is 9.78. The molecule has 3 rings (SSSR count). The second-order valence-corrected chi connectivity index (χ2v) is 7.46. The maximum atomic E-state index is 11.7. The van der Waals surface area contributed by atoms with Gasteiger partial charge in [0.2, 0.25) is 0 Å². The molecule has 0 aromatic heterocycles. The molecule has 1 aliphatic rings. The highest BCUT2D eigenvalue weighted by atomic mass is 16.5. The molecule has 2 aromatic rings. The summed E-state index contributed by atoms with van der Waals surface area (Å²) in [7, 11) is 0. The molecular weight excluding hydrogens is 332 g/mol. The Labute approximate surface area is 163 Å². The fourth-order valence-corrected chi connectivity index (χ4v) is 3.62. The third-order valence-corrected chi connectivity index (χ3v) is 5.51. The first-order valence-corrected chi connectivity index (χ1v) is 10.3. The van der Waals surface area contributed by atoms with Crippen molar-refractivity contribution in [1.29, 1.82) is 0 Å². The Morgan fingerprint density at radius 2 is 1.59 bits per heavy atom. The Morgan fingerprint density at radius 3 is 2.15 bits per heavy atom. The van der Waals surface area contributed by atoms with Crippen molar-refractivity contribution in [2.24, 2.45) is 5.92 Å². The highest BCUT2D eigenvalue weighted by molar-refractivity contribution is 5.73. The van der Waals surface area contributed by atoms with Gasteiger partial charge in [-0.1, -0.05) is 69.2 Å². The monoisotopic (exact) mass is 362 g/mol. The van der Waals surface area contributed by atoms with Gasteiger partial charge in [0.15, 0.2) is 0 Å². The van der Waals surface area contributed by atoms with Crippen molar-refractivity contribution in [3.05, 3.63) is 60.2 Å². The molecule has 0 heterocycles. The lowest BCUT2D eigenvalue weighted by molar-refractivity contribution is -0.134. The molecule has 0 bridgehead atoms. The van der Waals surface area contributed by atoms with E-state index >= 15 is 0 Å². The Balaban J connectivity index is 1.63. The molecule has 2 aromatic carbocycles. The van der Waals surface area contributed by atoms with E-state index in [4.69, 9.17) is 4.74 Å². The van der Waals surface area contributed by atoms with Crippen LogP contribution in [0, 0.1) is 5.92 Å². The SMILES string of the molecule is CCCCC(=O)Oc1ccc(-c2ccc(C3=CCC(CC)CC3)cc2)cc1. The molecule has 1 unspecified atom stereocenters. The second kappa shape index (κ2) is 9.55. The topological polar surface area (TPSA) is 26.3 Å². The molecule has 0 aliphatic heterocycles. The van der Waals surface area contributed by atoms with E-state index in [2.05, 4.69) is 44.2 Å². The lowest BCUT2D eigenvalue weighted by Crippen LogP contribution is -2.07. The van der Waals surface area contributed by atoms with Crippen LogP contribution >= 0.6 is 0 Å². The van der Waals surface area contributed by atoms with Crippen molar-refractivity contribution in [2.45, 2.75) is 58.8 Å². The Kier molecular flexibility index (Phi) is 6.86. The standard InChI is InChI=1S/C25H30O2/c1-3-5-6-25(26)27-24-17-15-23(16-18-24)22-13-11-21(12-14-22)20-9-7-19(4-2)8-10-20/h9,11-19H,3-8,10H2,1-2H3. The number of unbranched alkanes of at least 4 members (excludes halogenated alkanes) is 1. The van der Waals surface area contributed by atoms with E-state index in [1.54, 1.807) is 0 Å². The van der Waals surface area contributed by atoms with Gasteiger partial charge < -0.3 is 4.74 Å². The zero-order valence-electron chi connectivity index (χ0n) is 16.5. The Bertz CT molecular complexity index is 769. The van der Waals surface area contributed by atoms with Crippen molar-refractivity contribution < 1.29 is 9.53 Å². The first-order chi connectivity index (χ1) is 13.2. The molecule has 0 saturated carbocycles. The van der Waals surface area contributed by atoms with Gasteiger partial charge in [0.05, 0.1) is 0 Å². The zero-order chi connectivity index (χ0) is 19.1. The quantitative estimate of drug-likeness (QED) is 0.390. The van der Waals surface area contributed by atoms with E-state index in [1.165, 1.54) is 42.4 Å². The molecule has 0 fully saturated rings. The molecule has 0 amide bonds. The number of rotatable bonds is 7. The van der Waals surface area contributed by atoms with E-state index < -0.39 is 0 Å². The first-order valence-electron chi connectivity index (χ1n) is 10.3. The summed E-state index contributed by atoms with van der Waals surface area (Å²) < 4.78 is 5.38. The zero-order valence-corrected chi connectivity index (χ0v) is 16.5. The number of esters is 1. The highest BCUT2D eigenvalue weighted by Crippen LogP contribution is 2.32. The molecule has 1 atom stereocenters. The van der Waals surface area contributed by atoms with Gasteiger partial charge in [-0.05, 0) is 66.0 Å². The maximum Gasteiger partial charge on any atom is 0.311 e. The van der Waals surface area contributed by atoms with Gasteiger partial charge in [0, 0.05) is 6.42 Å². The normalized spacial score (nSPS) is 16.7. The summed E-state index contributed by atoms with van der Waals surface area (Å²) >= 11 is 0. The van der Waals surface area contributed by atoms with Gasteiger partial charge in [0.1, 0.15) is 5.75 Å². The van der Waals surface area contributed by atoms with Gasteiger partial charge in [-0.2, -0.15) is 0 Å². The molecule has 2 heteroatoms. The predicted octanol–water partition coefficient (Wildman–Crippen LogP) is 7.04. The summed E-state index contributed by atoms with van der Waals surface area (Å²) in [6.45, 7) is 4.36. The van der Waals surface area contributed by atoms with Crippen LogP contribution in [0.25, 0.3) is 16.7 Å². The molecule has 27 heavy (non-hydrogen) atoms. The molecule has 0 saturated heterocycles. The third kappa shape index (κ3) is 5.32. The van der Waals surface area contributed by atoms with Crippen LogP contribution in [0.2, 0.25) is 0 Å². The van der Waals surface area contributed by atoms with Crippen LogP contribution in [0.3, 0.4) is 0 Å². The molecule has 1 aliphatic carbocycles. The van der Waals surface area contributed by atoms with Gasteiger partial charge in [-0.3, -0.25) is 4.79 Å². The highest BCUT2D eigenvalue weighted by Gasteiger charge is 2.13. The van der Waals surface area contributed by atoms with Crippen LogP contribution in [0.5, 0.6) is 5.75 Å². The summed E-state index contributed by atoms with van der Waals surface area (Å²) in [5.41, 5.74) is 5.15. The Hall–Kier alpha value is -2.35. The van der Waals surface area contributed by atoms with Gasteiger partial charge >= 0.3 is 5.97 Å². The van der Waals surface area contributed by atoms with Crippen molar-refractivity contribution in [3.8, 4) is 16.9 Å². The van der Waals surface area contributed by atoms with Gasteiger partial charge in [0.25, 0.3) is 0 Å².